The summed E-state index contributed by atoms with van der Waals surface area (Å²) in [6.45, 7) is 6.36. The minimum Gasteiger partial charge on any atom is -0.480 e. The molecule has 1 aliphatic heterocycles. The van der Waals surface area contributed by atoms with Gasteiger partial charge in [-0.05, 0) is 25.0 Å². The van der Waals surface area contributed by atoms with Crippen LogP contribution >= 0.6 is 0 Å². The largest absolute Gasteiger partial charge is 0.480 e. The summed E-state index contributed by atoms with van der Waals surface area (Å²) in [6.07, 6.45) is 0. The Morgan fingerprint density at radius 3 is 2.94 bits per heavy atom. The van der Waals surface area contributed by atoms with Crippen molar-refractivity contribution in [2.75, 3.05) is 19.8 Å². The smallest absolute Gasteiger partial charge is 0.323 e. The van der Waals surface area contributed by atoms with E-state index in [1.54, 1.807) is 0 Å². The van der Waals surface area contributed by atoms with E-state index in [2.05, 4.69) is 32.0 Å². The van der Waals surface area contributed by atoms with E-state index in [0.29, 0.717) is 19.7 Å². The molecule has 1 heterocycles. The van der Waals surface area contributed by atoms with Crippen LogP contribution in [0, 0.1) is 13.8 Å². The molecule has 4 nitrogen and oxygen atoms in total. The molecule has 1 N–H and O–H groups in total. The average Bonchev–Trinajstić information content (AvgIpc) is 2.33. The normalized spacial score (nSPS) is 20.9. The lowest BCUT2D eigenvalue weighted by atomic mass is 10.0. The van der Waals surface area contributed by atoms with E-state index < -0.39 is 12.0 Å². The summed E-state index contributed by atoms with van der Waals surface area (Å²) in [5.41, 5.74) is 3.63. The Balaban J connectivity index is 2.13. The number of hydrogen-bond donors (Lipinski definition) is 1. The van der Waals surface area contributed by atoms with Crippen molar-refractivity contribution >= 4 is 5.97 Å². The van der Waals surface area contributed by atoms with E-state index in [4.69, 9.17) is 4.74 Å². The number of morpholine rings is 1. The van der Waals surface area contributed by atoms with Gasteiger partial charge >= 0.3 is 5.97 Å². The van der Waals surface area contributed by atoms with Gasteiger partial charge in [0.15, 0.2) is 0 Å². The maximum absolute atomic E-state index is 11.2. The van der Waals surface area contributed by atoms with Gasteiger partial charge in [0.05, 0.1) is 13.2 Å². The topological polar surface area (TPSA) is 49.8 Å². The van der Waals surface area contributed by atoms with Crippen LogP contribution in [0.4, 0.5) is 0 Å². The number of carboxylic acids is 1. The van der Waals surface area contributed by atoms with Gasteiger partial charge in [0.1, 0.15) is 6.04 Å². The van der Waals surface area contributed by atoms with Gasteiger partial charge in [-0.25, -0.2) is 0 Å². The lowest BCUT2D eigenvalue weighted by Crippen LogP contribution is -2.49. The van der Waals surface area contributed by atoms with Crippen LogP contribution in [0.2, 0.25) is 0 Å². The Kier molecular flexibility index (Phi) is 3.99. The van der Waals surface area contributed by atoms with Gasteiger partial charge in [0, 0.05) is 13.1 Å². The van der Waals surface area contributed by atoms with Crippen LogP contribution in [-0.2, 0) is 16.1 Å². The van der Waals surface area contributed by atoms with Crippen LogP contribution in [0.25, 0.3) is 0 Å². The van der Waals surface area contributed by atoms with Crippen LogP contribution in [-0.4, -0.2) is 41.8 Å². The number of aliphatic carboxylic acids is 1. The maximum atomic E-state index is 11.2. The Hall–Kier alpha value is -1.39. The number of rotatable bonds is 3. The van der Waals surface area contributed by atoms with Crippen LogP contribution in [0.15, 0.2) is 18.2 Å². The molecule has 1 saturated heterocycles. The Morgan fingerprint density at radius 1 is 1.50 bits per heavy atom. The van der Waals surface area contributed by atoms with Crippen LogP contribution in [0.3, 0.4) is 0 Å². The second kappa shape index (κ2) is 5.50. The molecule has 0 bridgehead atoms. The first-order valence-electron chi connectivity index (χ1n) is 6.18. The van der Waals surface area contributed by atoms with Gasteiger partial charge in [-0.15, -0.1) is 0 Å². The lowest BCUT2D eigenvalue weighted by molar-refractivity contribution is -0.150. The molecule has 18 heavy (non-hydrogen) atoms. The molecule has 1 aromatic rings. The fourth-order valence-corrected chi connectivity index (χ4v) is 2.30. The van der Waals surface area contributed by atoms with E-state index in [1.807, 2.05) is 4.90 Å². The van der Waals surface area contributed by atoms with Gasteiger partial charge in [0.25, 0.3) is 0 Å². The summed E-state index contributed by atoms with van der Waals surface area (Å²) in [5.74, 6) is -0.806. The maximum Gasteiger partial charge on any atom is 0.323 e. The van der Waals surface area contributed by atoms with E-state index >= 15 is 0 Å². The molecule has 1 unspecified atom stereocenters. The molecule has 1 aliphatic rings. The lowest BCUT2D eigenvalue weighted by Gasteiger charge is -2.33. The Bertz CT molecular complexity index is 445. The van der Waals surface area contributed by atoms with Gasteiger partial charge in [0.2, 0.25) is 0 Å². The first kappa shape index (κ1) is 13.1. The van der Waals surface area contributed by atoms with Crippen LogP contribution in [0.5, 0.6) is 0 Å². The van der Waals surface area contributed by atoms with E-state index in [0.717, 1.165) is 0 Å². The second-order valence-corrected chi connectivity index (χ2v) is 4.83. The molecule has 0 aromatic heterocycles. The molecule has 1 aromatic carbocycles. The van der Waals surface area contributed by atoms with E-state index in [9.17, 15) is 9.90 Å². The molecule has 1 fully saturated rings. The first-order chi connectivity index (χ1) is 8.58. The summed E-state index contributed by atoms with van der Waals surface area (Å²) in [6, 6.07) is 5.75. The highest BCUT2D eigenvalue weighted by Gasteiger charge is 2.29. The molecular weight excluding hydrogens is 230 g/mol. The van der Waals surface area contributed by atoms with Gasteiger partial charge < -0.3 is 9.84 Å². The number of benzene rings is 1. The molecular formula is C14H19NO3. The number of ether oxygens (including phenoxy) is 1. The highest BCUT2D eigenvalue weighted by Crippen LogP contribution is 2.16. The highest BCUT2D eigenvalue weighted by atomic mass is 16.5. The number of aryl methyl sites for hydroxylation is 2. The zero-order valence-corrected chi connectivity index (χ0v) is 10.8. The van der Waals surface area contributed by atoms with Crippen molar-refractivity contribution in [3.8, 4) is 0 Å². The average molecular weight is 249 g/mol. The van der Waals surface area contributed by atoms with Crippen molar-refractivity contribution in [2.45, 2.75) is 26.4 Å². The fourth-order valence-electron chi connectivity index (χ4n) is 2.30. The quantitative estimate of drug-likeness (QED) is 0.883. The predicted octanol–water partition coefficient (Wildman–Crippen LogP) is 1.59. The standard InChI is InChI=1S/C14H19NO3/c1-10-3-4-12(11(2)7-10)8-15-5-6-18-9-13(15)14(16)17/h3-4,7,13H,5-6,8-9H2,1-2H3,(H,16,17). The molecule has 0 saturated carbocycles. The highest BCUT2D eigenvalue weighted by molar-refractivity contribution is 5.73. The number of carbonyl (C=O) groups is 1. The number of nitrogens with zero attached hydrogens (tertiary/aromatic N) is 1. The molecule has 98 valence electrons. The zero-order chi connectivity index (χ0) is 13.1. The third-order valence-corrected chi connectivity index (χ3v) is 3.40. The molecule has 0 spiro atoms. The Morgan fingerprint density at radius 2 is 2.28 bits per heavy atom. The predicted molar refractivity (Wildman–Crippen MR) is 68.6 cm³/mol. The molecule has 2 rings (SSSR count). The molecule has 4 heteroatoms. The van der Waals surface area contributed by atoms with Crippen LogP contribution in [0.1, 0.15) is 16.7 Å². The van der Waals surface area contributed by atoms with Crippen molar-refractivity contribution in [2.24, 2.45) is 0 Å². The third kappa shape index (κ3) is 2.89. The summed E-state index contributed by atoms with van der Waals surface area (Å²) in [4.78, 5) is 13.1. The third-order valence-electron chi connectivity index (χ3n) is 3.40. The molecule has 0 aliphatic carbocycles. The molecule has 0 amide bonds. The minimum atomic E-state index is -0.806. The minimum absolute atomic E-state index is 0.278. The molecule has 1 atom stereocenters. The summed E-state index contributed by atoms with van der Waals surface area (Å²) in [7, 11) is 0. The fraction of sp³-hybridized carbons (Fsp3) is 0.500. The van der Waals surface area contributed by atoms with Gasteiger partial charge in [-0.1, -0.05) is 23.8 Å². The van der Waals surface area contributed by atoms with E-state index in [-0.39, 0.29) is 6.61 Å². The Labute approximate surface area is 107 Å². The van der Waals surface area contributed by atoms with Crippen molar-refractivity contribution in [1.82, 2.24) is 4.90 Å². The van der Waals surface area contributed by atoms with Crippen molar-refractivity contribution in [3.05, 3.63) is 34.9 Å². The number of carboxylic acid groups (broad SMARTS) is 1. The van der Waals surface area contributed by atoms with E-state index in [1.165, 1.54) is 16.7 Å². The van der Waals surface area contributed by atoms with Crippen molar-refractivity contribution in [1.29, 1.82) is 0 Å². The second-order valence-electron chi connectivity index (χ2n) is 4.83. The van der Waals surface area contributed by atoms with Crippen LogP contribution < -0.4 is 0 Å². The van der Waals surface area contributed by atoms with Gasteiger partial charge in [-0.2, -0.15) is 0 Å². The summed E-state index contributed by atoms with van der Waals surface area (Å²) < 4.78 is 5.24. The SMILES string of the molecule is Cc1ccc(CN2CCOCC2C(=O)O)c(C)c1. The first-order valence-corrected chi connectivity index (χ1v) is 6.18. The van der Waals surface area contributed by atoms with Crippen molar-refractivity contribution in [3.63, 3.8) is 0 Å². The van der Waals surface area contributed by atoms with Crippen molar-refractivity contribution < 1.29 is 14.6 Å². The monoisotopic (exact) mass is 249 g/mol. The number of hydrogen-bond acceptors (Lipinski definition) is 3. The van der Waals surface area contributed by atoms with Gasteiger partial charge in [-0.3, -0.25) is 9.69 Å². The summed E-state index contributed by atoms with van der Waals surface area (Å²) >= 11 is 0. The summed E-state index contributed by atoms with van der Waals surface area (Å²) in [5, 5.41) is 9.18. The molecule has 0 radical (unpaired) electrons. The zero-order valence-electron chi connectivity index (χ0n) is 10.8.